The van der Waals surface area contributed by atoms with Gasteiger partial charge in [-0.05, 0) is 19.1 Å². The van der Waals surface area contributed by atoms with E-state index >= 15 is 0 Å². The molecule has 17 heavy (non-hydrogen) atoms. The lowest BCUT2D eigenvalue weighted by molar-refractivity contribution is 0.150. The van der Waals surface area contributed by atoms with Crippen LogP contribution in [0, 0.1) is 0 Å². The molecule has 0 radical (unpaired) electrons. The van der Waals surface area contributed by atoms with Crippen molar-refractivity contribution in [2.45, 2.75) is 6.92 Å². The summed E-state index contributed by atoms with van der Waals surface area (Å²) in [6.07, 6.45) is -0.429. The maximum atomic E-state index is 10.9. The molecule has 1 N–H and O–H groups in total. The van der Waals surface area contributed by atoms with Crippen molar-refractivity contribution in [2.75, 3.05) is 26.9 Å². The molecule has 0 aliphatic heterocycles. The number of carbonyl (C=O) groups is 1. The highest BCUT2D eigenvalue weighted by molar-refractivity contribution is 5.66. The first-order chi connectivity index (χ1) is 8.26. The summed E-state index contributed by atoms with van der Waals surface area (Å²) in [7, 11) is 1.60. The molecule has 0 aliphatic rings. The molecule has 0 bridgehead atoms. The van der Waals surface area contributed by atoms with Gasteiger partial charge in [0.1, 0.15) is 18.1 Å². The average Bonchev–Trinajstić information content (AvgIpc) is 2.35. The second kappa shape index (κ2) is 7.38. The summed E-state index contributed by atoms with van der Waals surface area (Å²) >= 11 is 0. The molecular weight excluding hydrogens is 222 g/mol. The van der Waals surface area contributed by atoms with Crippen molar-refractivity contribution < 1.29 is 19.0 Å². The number of nitrogens with one attached hydrogen (secondary N) is 1. The zero-order valence-corrected chi connectivity index (χ0v) is 10.1. The Morgan fingerprint density at radius 1 is 1.35 bits per heavy atom. The lowest BCUT2D eigenvalue weighted by atomic mass is 10.3. The second-order valence-electron chi connectivity index (χ2n) is 3.17. The van der Waals surface area contributed by atoms with Crippen LogP contribution < -0.4 is 14.8 Å². The van der Waals surface area contributed by atoms with Crippen molar-refractivity contribution in [2.24, 2.45) is 0 Å². The molecule has 1 rings (SSSR count). The van der Waals surface area contributed by atoms with Gasteiger partial charge in [-0.1, -0.05) is 6.07 Å². The van der Waals surface area contributed by atoms with Gasteiger partial charge in [-0.3, -0.25) is 0 Å². The third-order valence-electron chi connectivity index (χ3n) is 1.96. The van der Waals surface area contributed by atoms with E-state index in [1.807, 2.05) is 18.2 Å². The Morgan fingerprint density at radius 3 is 2.82 bits per heavy atom. The molecule has 5 nitrogen and oxygen atoms in total. The summed E-state index contributed by atoms with van der Waals surface area (Å²) in [4.78, 5) is 10.9. The predicted octanol–water partition coefficient (Wildman–Crippen LogP) is 1.82. The lowest BCUT2D eigenvalue weighted by Gasteiger charge is -2.08. The maximum absolute atomic E-state index is 10.9. The number of rotatable bonds is 6. The van der Waals surface area contributed by atoms with Crippen LogP contribution in [-0.4, -0.2) is 33.0 Å². The molecule has 0 atom stereocenters. The molecule has 0 spiro atoms. The van der Waals surface area contributed by atoms with Crippen LogP contribution in [0.15, 0.2) is 24.3 Å². The molecule has 0 saturated heterocycles. The normalized spacial score (nSPS) is 9.53. The zero-order chi connectivity index (χ0) is 12.5. The Balaban J connectivity index is 2.24. The highest BCUT2D eigenvalue weighted by atomic mass is 16.5. The van der Waals surface area contributed by atoms with Gasteiger partial charge in [0.15, 0.2) is 0 Å². The summed E-state index contributed by atoms with van der Waals surface area (Å²) in [5.41, 5.74) is 0. The molecule has 94 valence electrons. The summed E-state index contributed by atoms with van der Waals surface area (Å²) in [5, 5.41) is 2.57. The van der Waals surface area contributed by atoms with Crippen LogP contribution in [0.5, 0.6) is 11.5 Å². The molecule has 1 aromatic rings. The fourth-order valence-corrected chi connectivity index (χ4v) is 1.20. The van der Waals surface area contributed by atoms with E-state index in [2.05, 4.69) is 5.32 Å². The van der Waals surface area contributed by atoms with Crippen LogP contribution in [0.25, 0.3) is 0 Å². The predicted molar refractivity (Wildman–Crippen MR) is 63.5 cm³/mol. The largest absolute Gasteiger partial charge is 0.497 e. The zero-order valence-electron chi connectivity index (χ0n) is 10.1. The summed E-state index contributed by atoms with van der Waals surface area (Å²) < 4.78 is 15.2. The van der Waals surface area contributed by atoms with Crippen molar-refractivity contribution in [1.29, 1.82) is 0 Å². The molecule has 0 saturated carbocycles. The number of hydrogen-bond acceptors (Lipinski definition) is 4. The van der Waals surface area contributed by atoms with Gasteiger partial charge in [0.05, 0.1) is 20.3 Å². The number of hydrogen-bond donors (Lipinski definition) is 1. The number of benzene rings is 1. The average molecular weight is 239 g/mol. The molecule has 0 heterocycles. The number of amides is 1. The van der Waals surface area contributed by atoms with E-state index in [9.17, 15) is 4.79 Å². The van der Waals surface area contributed by atoms with Crippen molar-refractivity contribution >= 4 is 6.09 Å². The van der Waals surface area contributed by atoms with E-state index in [1.54, 1.807) is 20.1 Å². The van der Waals surface area contributed by atoms with Crippen molar-refractivity contribution in [1.82, 2.24) is 5.32 Å². The smallest absolute Gasteiger partial charge is 0.407 e. The van der Waals surface area contributed by atoms with Crippen molar-refractivity contribution in [3.05, 3.63) is 24.3 Å². The number of ether oxygens (including phenoxy) is 3. The molecule has 1 aromatic carbocycles. The Labute approximate surface area is 101 Å². The minimum Gasteiger partial charge on any atom is -0.497 e. The monoisotopic (exact) mass is 239 g/mol. The highest BCUT2D eigenvalue weighted by Crippen LogP contribution is 2.18. The van der Waals surface area contributed by atoms with Gasteiger partial charge in [-0.15, -0.1) is 0 Å². The van der Waals surface area contributed by atoms with Crippen molar-refractivity contribution in [3.63, 3.8) is 0 Å². The number of alkyl carbamates (subject to hydrolysis) is 1. The maximum Gasteiger partial charge on any atom is 0.407 e. The summed E-state index contributed by atoms with van der Waals surface area (Å²) in [6, 6.07) is 7.29. The van der Waals surface area contributed by atoms with Crippen LogP contribution in [-0.2, 0) is 4.74 Å². The Hall–Kier alpha value is -1.91. The number of methoxy groups -OCH3 is 1. The molecule has 0 aliphatic carbocycles. The van der Waals surface area contributed by atoms with E-state index < -0.39 is 6.09 Å². The van der Waals surface area contributed by atoms with Crippen LogP contribution in [0.1, 0.15) is 6.92 Å². The Morgan fingerprint density at radius 2 is 2.12 bits per heavy atom. The van der Waals surface area contributed by atoms with Gasteiger partial charge in [-0.25, -0.2) is 4.79 Å². The fraction of sp³-hybridized carbons (Fsp3) is 0.417. The van der Waals surface area contributed by atoms with Gasteiger partial charge in [0.25, 0.3) is 0 Å². The van der Waals surface area contributed by atoms with Gasteiger partial charge in [0, 0.05) is 6.07 Å². The third-order valence-corrected chi connectivity index (χ3v) is 1.96. The first kappa shape index (κ1) is 13.2. The van der Waals surface area contributed by atoms with E-state index in [0.29, 0.717) is 25.5 Å². The summed E-state index contributed by atoms with van der Waals surface area (Å²) in [6.45, 7) is 2.90. The topological polar surface area (TPSA) is 56.8 Å². The third kappa shape index (κ3) is 5.10. The minimum absolute atomic E-state index is 0.364. The standard InChI is InChI=1S/C12H17NO4/c1-3-16-12(14)13-7-8-17-11-6-4-5-10(9-11)15-2/h4-6,9H,3,7-8H2,1-2H3,(H,13,14). The molecular formula is C12H17NO4. The molecule has 1 amide bonds. The molecule has 0 aromatic heterocycles. The van der Waals surface area contributed by atoms with E-state index in [1.165, 1.54) is 0 Å². The van der Waals surface area contributed by atoms with E-state index in [-0.39, 0.29) is 0 Å². The quantitative estimate of drug-likeness (QED) is 0.769. The SMILES string of the molecule is CCOC(=O)NCCOc1cccc(OC)c1. The van der Waals surface area contributed by atoms with Crippen LogP contribution in [0.3, 0.4) is 0 Å². The highest BCUT2D eigenvalue weighted by Gasteiger charge is 1.99. The van der Waals surface area contributed by atoms with Crippen molar-refractivity contribution in [3.8, 4) is 11.5 Å². The Bertz CT molecular complexity index is 354. The van der Waals surface area contributed by atoms with E-state index in [4.69, 9.17) is 14.2 Å². The van der Waals surface area contributed by atoms with Gasteiger partial charge < -0.3 is 19.5 Å². The summed E-state index contributed by atoms with van der Waals surface area (Å²) in [5.74, 6) is 1.44. The van der Waals surface area contributed by atoms with Gasteiger partial charge >= 0.3 is 6.09 Å². The van der Waals surface area contributed by atoms with Gasteiger partial charge in [-0.2, -0.15) is 0 Å². The molecule has 0 fully saturated rings. The van der Waals surface area contributed by atoms with Crippen LogP contribution in [0.4, 0.5) is 4.79 Å². The molecule has 5 heteroatoms. The lowest BCUT2D eigenvalue weighted by Crippen LogP contribution is -2.28. The van der Waals surface area contributed by atoms with Gasteiger partial charge in [0.2, 0.25) is 0 Å². The second-order valence-corrected chi connectivity index (χ2v) is 3.17. The number of carbonyl (C=O) groups excluding carboxylic acids is 1. The minimum atomic E-state index is -0.429. The first-order valence-electron chi connectivity index (χ1n) is 5.43. The Kier molecular flexibility index (Phi) is 5.71. The molecule has 0 unspecified atom stereocenters. The van der Waals surface area contributed by atoms with Crippen LogP contribution >= 0.6 is 0 Å². The fourth-order valence-electron chi connectivity index (χ4n) is 1.20. The van der Waals surface area contributed by atoms with Crippen LogP contribution in [0.2, 0.25) is 0 Å². The van der Waals surface area contributed by atoms with E-state index in [0.717, 1.165) is 5.75 Å². The first-order valence-corrected chi connectivity index (χ1v) is 5.43.